The first-order valence-electron chi connectivity index (χ1n) is 3.52. The van der Waals surface area contributed by atoms with Gasteiger partial charge in [-0.1, -0.05) is 20.8 Å². The van der Waals surface area contributed by atoms with Crippen LogP contribution in [0.5, 0.6) is 0 Å². The van der Waals surface area contributed by atoms with Gasteiger partial charge in [-0.3, -0.25) is 4.79 Å². The molecule has 0 unspecified atom stereocenters. The molecule has 0 aromatic carbocycles. The summed E-state index contributed by atoms with van der Waals surface area (Å²) in [7, 11) is 0.527. The van der Waals surface area contributed by atoms with E-state index < -0.39 is 0 Å². The Kier molecular flexibility index (Phi) is 3.45. The van der Waals surface area contributed by atoms with Gasteiger partial charge in [0.15, 0.2) is 5.78 Å². The molecule has 0 radical (unpaired) electrons. The molecule has 0 N–H and O–H groups in total. The van der Waals surface area contributed by atoms with Crippen LogP contribution < -0.4 is 0 Å². The number of carbonyl (C=O) groups is 1. The van der Waals surface area contributed by atoms with Gasteiger partial charge >= 0.3 is 0 Å². The lowest BCUT2D eigenvalue weighted by atomic mass is 9.88. The lowest BCUT2D eigenvalue weighted by Crippen LogP contribution is -2.27. The molecule has 0 heterocycles. The minimum Gasteiger partial charge on any atom is -0.467 e. The van der Waals surface area contributed by atoms with Gasteiger partial charge in [0.1, 0.15) is 5.71 Å². The molecule has 0 bridgehead atoms. The number of carbonyl (C=O) groups excluding carboxylic acids is 1. The van der Waals surface area contributed by atoms with Crippen LogP contribution in [0, 0.1) is 5.41 Å². The Hall–Kier alpha value is -0.643. The van der Waals surface area contributed by atoms with Crippen molar-refractivity contribution in [3.05, 3.63) is 0 Å². The second-order valence-corrected chi connectivity index (χ2v) is 3.79. The summed E-state index contributed by atoms with van der Waals surface area (Å²) >= 11 is 0. The van der Waals surface area contributed by atoms with Gasteiger partial charge in [0.05, 0.1) is 0 Å². The van der Waals surface area contributed by atoms with Crippen molar-refractivity contribution < 1.29 is 9.32 Å². The maximum atomic E-state index is 11.0. The zero-order valence-corrected chi connectivity index (χ0v) is 9.76. The molecule has 0 aliphatic carbocycles. The van der Waals surface area contributed by atoms with E-state index in [9.17, 15) is 4.79 Å². The second kappa shape index (κ2) is 3.66. The fraction of sp³-hybridized carbons (Fsp3) is 0.714. The highest BCUT2D eigenvalue weighted by Gasteiger charge is 2.23. The number of hydrogen-bond acceptors (Lipinski definition) is 3. The molecule has 0 spiro atoms. The van der Waals surface area contributed by atoms with Gasteiger partial charge in [-0.05, 0) is 0 Å². The van der Waals surface area contributed by atoms with E-state index in [2.05, 4.69) is 5.16 Å². The Morgan fingerprint density at radius 1 is 1.45 bits per heavy atom. The van der Waals surface area contributed by atoms with Crippen LogP contribution in [-0.2, 0) is 9.32 Å². The predicted octanol–water partition coefficient (Wildman–Crippen LogP) is 0.274. The quantitative estimate of drug-likeness (QED) is 0.342. The van der Waals surface area contributed by atoms with Gasteiger partial charge in [0.2, 0.25) is 10.5 Å². The number of Topliss-reactive ketones (excluding diaryl/α,β-unsaturated/α-hetero) is 1. The first-order chi connectivity index (χ1) is 4.89. The Labute approximate surface area is 70.3 Å². The largest absolute Gasteiger partial charge is 0.467 e. The summed E-state index contributed by atoms with van der Waals surface area (Å²) in [5.41, 5.74) is 0.295. The summed E-state index contributed by atoms with van der Waals surface area (Å²) in [6.45, 7) is 7.32. The Balaban J connectivity index is 4.63. The summed E-state index contributed by atoms with van der Waals surface area (Å²) in [5, 5.41) is 3.72. The van der Waals surface area contributed by atoms with Gasteiger partial charge in [0, 0.05) is 12.3 Å². The molecule has 11 heavy (non-hydrogen) atoms. The molecule has 64 valence electrons. The highest BCUT2D eigenvalue weighted by Crippen LogP contribution is 2.16. The van der Waals surface area contributed by atoms with E-state index >= 15 is 0 Å². The first kappa shape index (κ1) is 10.4. The number of rotatable bonds is 2. The van der Waals surface area contributed by atoms with E-state index in [0.717, 1.165) is 0 Å². The van der Waals surface area contributed by atoms with Crippen molar-refractivity contribution in [2.75, 3.05) is 0 Å². The topological polar surface area (TPSA) is 38.7 Å². The van der Waals surface area contributed by atoms with Crippen molar-refractivity contribution in [3.8, 4) is 0 Å². The highest BCUT2D eigenvalue weighted by atomic mass is 28.2. The summed E-state index contributed by atoms with van der Waals surface area (Å²) in [6.07, 6.45) is 0. The molecule has 0 aromatic rings. The third kappa shape index (κ3) is 3.32. The summed E-state index contributed by atoms with van der Waals surface area (Å²) in [6, 6.07) is 0. The van der Waals surface area contributed by atoms with E-state index in [0.29, 0.717) is 16.2 Å². The maximum Gasteiger partial charge on any atom is 0.242 e. The molecule has 0 atom stereocenters. The molecule has 0 saturated heterocycles. The van der Waals surface area contributed by atoms with Crippen molar-refractivity contribution in [3.63, 3.8) is 0 Å². The normalized spacial score (nSPS) is 13.3. The fourth-order valence-electron chi connectivity index (χ4n) is 0.821. The van der Waals surface area contributed by atoms with Crippen molar-refractivity contribution >= 4 is 22.0 Å². The van der Waals surface area contributed by atoms with Crippen LogP contribution >= 0.6 is 0 Å². The molecular formula is C7H15NO2Si. The van der Waals surface area contributed by atoms with Crippen LogP contribution in [0.3, 0.4) is 0 Å². The van der Waals surface area contributed by atoms with Gasteiger partial charge in [0.25, 0.3) is 0 Å². The molecule has 0 aromatic heterocycles. The maximum absolute atomic E-state index is 11.0. The molecule has 4 heteroatoms. The SMILES string of the molecule is CC(=O)C(=NO[SiH3])C(C)(C)C. The van der Waals surface area contributed by atoms with Crippen LogP contribution in [0.25, 0.3) is 0 Å². The summed E-state index contributed by atoms with van der Waals surface area (Å²) < 4.78 is 4.70. The van der Waals surface area contributed by atoms with Crippen LogP contribution in [-0.4, -0.2) is 22.0 Å². The van der Waals surface area contributed by atoms with Crippen LogP contribution in [0.15, 0.2) is 5.16 Å². The molecule has 3 nitrogen and oxygen atoms in total. The molecule has 0 fully saturated rings. The molecule has 0 saturated carbocycles. The average molecular weight is 173 g/mol. The minimum absolute atomic E-state index is 0.0200. The minimum atomic E-state index is -0.212. The Morgan fingerprint density at radius 3 is 2.00 bits per heavy atom. The van der Waals surface area contributed by atoms with E-state index in [1.54, 1.807) is 0 Å². The summed E-state index contributed by atoms with van der Waals surface area (Å²) in [4.78, 5) is 11.0. The third-order valence-electron chi connectivity index (χ3n) is 1.23. The predicted molar refractivity (Wildman–Crippen MR) is 48.6 cm³/mol. The zero-order valence-electron chi connectivity index (χ0n) is 7.76. The summed E-state index contributed by atoms with van der Waals surface area (Å²) in [5.74, 6) is -0.0200. The highest BCUT2D eigenvalue weighted by molar-refractivity contribution is 6.40. The number of ketones is 1. The van der Waals surface area contributed by atoms with Gasteiger partial charge in [-0.2, -0.15) is 0 Å². The standard InChI is InChI=1S/C7H15NO2Si/c1-5(9)6(8-10-11)7(2,3)4/h1-4,11H3. The monoisotopic (exact) mass is 173 g/mol. The molecule has 0 aliphatic rings. The van der Waals surface area contributed by atoms with E-state index in [1.165, 1.54) is 6.92 Å². The third-order valence-corrected chi connectivity index (χ3v) is 1.41. The van der Waals surface area contributed by atoms with E-state index in [4.69, 9.17) is 4.53 Å². The average Bonchev–Trinajstić information content (AvgIpc) is 1.79. The van der Waals surface area contributed by atoms with Crippen molar-refractivity contribution in [1.29, 1.82) is 0 Å². The number of hydrogen-bond donors (Lipinski definition) is 0. The van der Waals surface area contributed by atoms with Crippen molar-refractivity contribution in [2.45, 2.75) is 27.7 Å². The van der Waals surface area contributed by atoms with E-state index in [-0.39, 0.29) is 11.2 Å². The van der Waals surface area contributed by atoms with Crippen molar-refractivity contribution in [2.24, 2.45) is 10.6 Å². The van der Waals surface area contributed by atoms with Crippen LogP contribution in [0.1, 0.15) is 27.7 Å². The Morgan fingerprint density at radius 2 is 1.91 bits per heavy atom. The van der Waals surface area contributed by atoms with Crippen LogP contribution in [0.4, 0.5) is 0 Å². The number of oxime groups is 1. The lowest BCUT2D eigenvalue weighted by Gasteiger charge is -2.17. The molecular weight excluding hydrogens is 158 g/mol. The van der Waals surface area contributed by atoms with Gasteiger partial charge in [-0.15, -0.1) is 5.16 Å². The Bertz CT molecular complexity index is 181. The molecule has 0 aliphatic heterocycles. The van der Waals surface area contributed by atoms with Gasteiger partial charge in [-0.25, -0.2) is 0 Å². The number of nitrogens with zero attached hydrogens (tertiary/aromatic N) is 1. The molecule has 0 amide bonds. The van der Waals surface area contributed by atoms with Crippen LogP contribution in [0.2, 0.25) is 0 Å². The first-order valence-corrected chi connectivity index (χ1v) is 4.34. The van der Waals surface area contributed by atoms with Crippen molar-refractivity contribution in [1.82, 2.24) is 0 Å². The zero-order chi connectivity index (χ0) is 9.07. The smallest absolute Gasteiger partial charge is 0.242 e. The molecule has 0 rings (SSSR count). The van der Waals surface area contributed by atoms with Gasteiger partial charge < -0.3 is 4.53 Å². The van der Waals surface area contributed by atoms with E-state index in [1.807, 2.05) is 20.8 Å². The lowest BCUT2D eigenvalue weighted by molar-refractivity contribution is -0.111. The fourth-order valence-corrected chi connectivity index (χ4v) is 1.00. The second-order valence-electron chi connectivity index (χ2n) is 3.43.